The molecule has 0 radical (unpaired) electrons. The Hall–Kier alpha value is -3.36. The molecule has 0 spiro atoms. The number of rotatable bonds is 8. The summed E-state index contributed by atoms with van der Waals surface area (Å²) < 4.78 is 26.4. The summed E-state index contributed by atoms with van der Waals surface area (Å²) in [5, 5.41) is 5.98. The lowest BCUT2D eigenvalue weighted by Crippen LogP contribution is -2.47. The van der Waals surface area contributed by atoms with Crippen LogP contribution in [-0.4, -0.2) is 32.5 Å². The van der Waals surface area contributed by atoms with Gasteiger partial charge in [0.25, 0.3) is 5.91 Å². The molecule has 0 saturated carbocycles. The second-order valence-corrected chi connectivity index (χ2v) is 12.1. The van der Waals surface area contributed by atoms with Crippen LogP contribution in [0.25, 0.3) is 0 Å². The van der Waals surface area contributed by atoms with E-state index in [2.05, 4.69) is 31.4 Å². The van der Waals surface area contributed by atoms with Gasteiger partial charge in [-0.1, -0.05) is 63.6 Å². The van der Waals surface area contributed by atoms with Crippen molar-refractivity contribution in [2.45, 2.75) is 45.6 Å². The number of carbonyl (C=O) groups excluding carboxylic acids is 2. The molecule has 2 amide bonds. The zero-order valence-corrected chi connectivity index (χ0v) is 23.2. The number of sulfonamides is 1. The van der Waals surface area contributed by atoms with Gasteiger partial charge in [-0.25, -0.2) is 8.42 Å². The standard InChI is InChI=1S/C28H32ClN3O4S/c1-6-25(32(37(5,35)36)24-12-7-9-21(29)17-24)27(34)31-23-11-8-10-22(18-23)30-26(33)19-13-15-20(16-14-19)28(2,3)4/h7-18,25H,6H2,1-5H3,(H,30,33)(H,31,34)/t25-/m0/s1. The molecular weight excluding hydrogens is 510 g/mol. The van der Waals surface area contributed by atoms with E-state index in [9.17, 15) is 18.0 Å². The molecule has 7 nitrogen and oxygen atoms in total. The molecule has 0 aliphatic rings. The largest absolute Gasteiger partial charge is 0.324 e. The molecule has 0 bridgehead atoms. The molecule has 1 atom stereocenters. The average molecular weight is 542 g/mol. The SMILES string of the molecule is CC[C@@H](C(=O)Nc1cccc(NC(=O)c2ccc(C(C)(C)C)cc2)c1)N(c1cccc(Cl)c1)S(C)(=O)=O. The number of benzene rings is 3. The molecule has 0 saturated heterocycles. The molecule has 196 valence electrons. The minimum absolute atomic E-state index is 0.0165. The molecule has 3 rings (SSSR count). The molecule has 9 heteroatoms. The minimum Gasteiger partial charge on any atom is -0.324 e. The summed E-state index contributed by atoms with van der Waals surface area (Å²) in [5.41, 5.74) is 2.83. The monoisotopic (exact) mass is 541 g/mol. The summed E-state index contributed by atoms with van der Waals surface area (Å²) in [6.45, 7) is 8.05. The lowest BCUT2D eigenvalue weighted by molar-refractivity contribution is -0.117. The maximum absolute atomic E-state index is 13.2. The predicted molar refractivity (Wildman–Crippen MR) is 151 cm³/mol. The van der Waals surface area contributed by atoms with E-state index < -0.39 is 22.0 Å². The second kappa shape index (κ2) is 11.4. The van der Waals surface area contributed by atoms with Gasteiger partial charge in [-0.3, -0.25) is 13.9 Å². The number of carbonyl (C=O) groups is 2. The molecular formula is C28H32ClN3O4S. The van der Waals surface area contributed by atoms with E-state index in [1.54, 1.807) is 61.5 Å². The maximum Gasteiger partial charge on any atom is 0.255 e. The van der Waals surface area contributed by atoms with Crippen LogP contribution >= 0.6 is 11.6 Å². The highest BCUT2D eigenvalue weighted by molar-refractivity contribution is 7.92. The van der Waals surface area contributed by atoms with Crippen LogP contribution in [0, 0.1) is 0 Å². The van der Waals surface area contributed by atoms with Gasteiger partial charge in [0.1, 0.15) is 6.04 Å². The van der Waals surface area contributed by atoms with Crippen molar-refractivity contribution in [3.8, 4) is 0 Å². The van der Waals surface area contributed by atoms with Crippen molar-refractivity contribution in [1.82, 2.24) is 0 Å². The van der Waals surface area contributed by atoms with Crippen LogP contribution in [0.3, 0.4) is 0 Å². The van der Waals surface area contributed by atoms with Gasteiger partial charge in [0.2, 0.25) is 15.9 Å². The highest BCUT2D eigenvalue weighted by Gasteiger charge is 2.31. The Morgan fingerprint density at radius 1 is 0.919 bits per heavy atom. The fourth-order valence-corrected chi connectivity index (χ4v) is 5.29. The smallest absolute Gasteiger partial charge is 0.255 e. The van der Waals surface area contributed by atoms with Gasteiger partial charge in [0.05, 0.1) is 11.9 Å². The van der Waals surface area contributed by atoms with Crippen LogP contribution in [0.4, 0.5) is 17.1 Å². The molecule has 2 N–H and O–H groups in total. The number of hydrogen-bond acceptors (Lipinski definition) is 4. The average Bonchev–Trinajstić information content (AvgIpc) is 2.81. The van der Waals surface area contributed by atoms with E-state index in [1.165, 1.54) is 6.07 Å². The number of nitrogens with one attached hydrogen (secondary N) is 2. The maximum atomic E-state index is 13.2. The van der Waals surface area contributed by atoms with Crippen molar-refractivity contribution in [3.63, 3.8) is 0 Å². The lowest BCUT2D eigenvalue weighted by Gasteiger charge is -2.30. The van der Waals surface area contributed by atoms with Gasteiger partial charge >= 0.3 is 0 Å². The molecule has 0 heterocycles. The van der Waals surface area contributed by atoms with Crippen molar-refractivity contribution in [2.24, 2.45) is 0 Å². The summed E-state index contributed by atoms with van der Waals surface area (Å²) in [4.78, 5) is 26.0. The molecule has 0 fully saturated rings. The predicted octanol–water partition coefficient (Wildman–Crippen LogP) is 6.07. The van der Waals surface area contributed by atoms with Crippen LogP contribution in [0.1, 0.15) is 50.0 Å². The lowest BCUT2D eigenvalue weighted by atomic mass is 9.87. The fourth-order valence-electron chi connectivity index (χ4n) is 3.90. The van der Waals surface area contributed by atoms with Crippen molar-refractivity contribution >= 4 is 50.5 Å². The number of hydrogen-bond donors (Lipinski definition) is 2. The number of amides is 2. The minimum atomic E-state index is -3.79. The number of anilines is 3. The third-order valence-corrected chi connectivity index (χ3v) is 7.21. The van der Waals surface area contributed by atoms with E-state index >= 15 is 0 Å². The van der Waals surface area contributed by atoms with Crippen molar-refractivity contribution in [2.75, 3.05) is 21.2 Å². The van der Waals surface area contributed by atoms with Gasteiger partial charge in [0, 0.05) is 22.0 Å². The van der Waals surface area contributed by atoms with Gasteiger partial charge in [-0.15, -0.1) is 0 Å². The number of nitrogens with zero attached hydrogens (tertiary/aromatic N) is 1. The van der Waals surface area contributed by atoms with E-state index in [4.69, 9.17) is 11.6 Å². The quantitative estimate of drug-likeness (QED) is 0.361. The Balaban J connectivity index is 1.78. The summed E-state index contributed by atoms with van der Waals surface area (Å²) in [6.07, 6.45) is 1.28. The van der Waals surface area contributed by atoms with Crippen molar-refractivity contribution in [1.29, 1.82) is 0 Å². The van der Waals surface area contributed by atoms with Gasteiger partial charge < -0.3 is 10.6 Å². The zero-order chi connectivity index (χ0) is 27.4. The normalized spacial score (nSPS) is 12.5. The highest BCUT2D eigenvalue weighted by atomic mass is 35.5. The van der Waals surface area contributed by atoms with Crippen LogP contribution in [-0.2, 0) is 20.2 Å². The Kier molecular flexibility index (Phi) is 8.66. The zero-order valence-electron chi connectivity index (χ0n) is 21.6. The van der Waals surface area contributed by atoms with Crippen LogP contribution in [0.15, 0.2) is 72.8 Å². The van der Waals surface area contributed by atoms with Crippen LogP contribution in [0.2, 0.25) is 5.02 Å². The fraction of sp³-hybridized carbons (Fsp3) is 0.286. The second-order valence-electron chi connectivity index (χ2n) is 9.81. The summed E-state index contributed by atoms with van der Waals surface area (Å²) in [5.74, 6) is -0.784. The Morgan fingerprint density at radius 3 is 2.05 bits per heavy atom. The first-order chi connectivity index (χ1) is 17.3. The van der Waals surface area contributed by atoms with E-state index in [-0.39, 0.29) is 17.7 Å². The van der Waals surface area contributed by atoms with Crippen LogP contribution < -0.4 is 14.9 Å². The summed E-state index contributed by atoms with van der Waals surface area (Å²) in [7, 11) is -3.79. The van der Waals surface area contributed by atoms with Crippen LogP contribution in [0.5, 0.6) is 0 Å². The molecule has 0 unspecified atom stereocenters. The van der Waals surface area contributed by atoms with Gasteiger partial charge in [-0.05, 0) is 65.9 Å². The Bertz CT molecular complexity index is 1380. The van der Waals surface area contributed by atoms with E-state index in [1.807, 2.05) is 12.1 Å². The van der Waals surface area contributed by atoms with Crippen molar-refractivity contribution in [3.05, 3.63) is 88.9 Å². The van der Waals surface area contributed by atoms with E-state index in [0.29, 0.717) is 27.6 Å². The topological polar surface area (TPSA) is 95.6 Å². The first kappa shape index (κ1) is 28.2. The first-order valence-electron chi connectivity index (χ1n) is 11.9. The van der Waals surface area contributed by atoms with Gasteiger partial charge in [0.15, 0.2) is 0 Å². The van der Waals surface area contributed by atoms with E-state index in [0.717, 1.165) is 16.1 Å². The Morgan fingerprint density at radius 2 is 1.51 bits per heavy atom. The van der Waals surface area contributed by atoms with Gasteiger partial charge in [-0.2, -0.15) is 0 Å². The van der Waals surface area contributed by atoms with Crippen molar-refractivity contribution < 1.29 is 18.0 Å². The third-order valence-electron chi connectivity index (χ3n) is 5.79. The Labute approximate surface area is 223 Å². The molecule has 37 heavy (non-hydrogen) atoms. The summed E-state index contributed by atoms with van der Waals surface area (Å²) >= 11 is 6.07. The molecule has 3 aromatic rings. The molecule has 0 aromatic heterocycles. The molecule has 3 aromatic carbocycles. The highest BCUT2D eigenvalue weighted by Crippen LogP contribution is 2.27. The molecule has 0 aliphatic heterocycles. The number of halogens is 1. The molecule has 0 aliphatic carbocycles. The third kappa shape index (κ3) is 7.33. The summed E-state index contributed by atoms with van der Waals surface area (Å²) in [6, 6.07) is 19.5. The first-order valence-corrected chi connectivity index (χ1v) is 14.1.